The Balaban J connectivity index is 1.33. The van der Waals surface area contributed by atoms with E-state index in [2.05, 4.69) is 16.4 Å². The number of rotatable bonds is 5. The Bertz CT molecular complexity index is 1370. The lowest BCUT2D eigenvalue weighted by Crippen LogP contribution is -2.34. The van der Waals surface area contributed by atoms with Crippen molar-refractivity contribution in [1.82, 2.24) is 10.3 Å². The molecule has 6 heteroatoms. The summed E-state index contributed by atoms with van der Waals surface area (Å²) in [6.07, 6.45) is 2.90. The van der Waals surface area contributed by atoms with Crippen molar-refractivity contribution in [2.24, 2.45) is 0 Å². The van der Waals surface area contributed by atoms with Gasteiger partial charge in [0.15, 0.2) is 6.61 Å². The fraction of sp³-hybridized carbons (Fsp3) is 0.179. The number of pyridine rings is 1. The number of esters is 1. The molecule has 34 heavy (non-hydrogen) atoms. The van der Waals surface area contributed by atoms with Gasteiger partial charge in [0.25, 0.3) is 5.91 Å². The number of halogens is 1. The summed E-state index contributed by atoms with van der Waals surface area (Å²) in [4.78, 5) is 30.3. The summed E-state index contributed by atoms with van der Waals surface area (Å²) in [6.45, 7) is -0.343. The number of benzene rings is 3. The van der Waals surface area contributed by atoms with Gasteiger partial charge in [-0.1, -0.05) is 66.2 Å². The van der Waals surface area contributed by atoms with E-state index in [9.17, 15) is 9.59 Å². The third kappa shape index (κ3) is 4.66. The summed E-state index contributed by atoms with van der Waals surface area (Å²) in [7, 11) is 0. The molecule has 0 saturated heterocycles. The third-order valence-electron chi connectivity index (χ3n) is 6.12. The van der Waals surface area contributed by atoms with Crippen molar-refractivity contribution in [3.05, 3.63) is 101 Å². The Morgan fingerprint density at radius 1 is 1.00 bits per heavy atom. The molecule has 1 atom stereocenters. The van der Waals surface area contributed by atoms with Gasteiger partial charge in [0.05, 0.1) is 22.8 Å². The van der Waals surface area contributed by atoms with Crippen LogP contribution in [0, 0.1) is 0 Å². The number of fused-ring (bicyclic) bond motifs is 2. The van der Waals surface area contributed by atoms with E-state index in [1.807, 2.05) is 54.6 Å². The van der Waals surface area contributed by atoms with E-state index in [1.165, 1.54) is 5.56 Å². The summed E-state index contributed by atoms with van der Waals surface area (Å²) in [5, 5.41) is 4.31. The van der Waals surface area contributed by atoms with Crippen molar-refractivity contribution in [2.45, 2.75) is 25.3 Å². The van der Waals surface area contributed by atoms with Gasteiger partial charge in [-0.2, -0.15) is 0 Å². The second kappa shape index (κ2) is 9.65. The molecule has 0 aliphatic heterocycles. The molecule has 0 radical (unpaired) electrons. The lowest BCUT2D eigenvalue weighted by atomic mass is 9.88. The number of para-hydroxylation sites is 1. The first-order valence-corrected chi connectivity index (χ1v) is 11.7. The van der Waals surface area contributed by atoms with Crippen LogP contribution in [-0.2, 0) is 16.0 Å². The molecule has 1 aromatic heterocycles. The molecule has 0 bridgehead atoms. The zero-order chi connectivity index (χ0) is 23.5. The van der Waals surface area contributed by atoms with Crippen molar-refractivity contribution >= 4 is 34.4 Å². The summed E-state index contributed by atoms with van der Waals surface area (Å²) >= 11 is 6.01. The Hall–Kier alpha value is -3.70. The molecule has 0 fully saturated rings. The Morgan fingerprint density at radius 3 is 2.62 bits per heavy atom. The quantitative estimate of drug-likeness (QED) is 0.368. The van der Waals surface area contributed by atoms with Crippen LogP contribution in [0.5, 0.6) is 0 Å². The molecule has 0 saturated carbocycles. The number of ether oxygens (including phenoxy) is 1. The van der Waals surface area contributed by atoms with Crippen molar-refractivity contribution in [3.8, 4) is 11.3 Å². The number of aromatic nitrogens is 1. The largest absolute Gasteiger partial charge is 0.452 e. The summed E-state index contributed by atoms with van der Waals surface area (Å²) in [6, 6.07) is 24.4. The highest BCUT2D eigenvalue weighted by atomic mass is 35.5. The van der Waals surface area contributed by atoms with Gasteiger partial charge in [-0.25, -0.2) is 9.78 Å². The molecule has 5 rings (SSSR count). The highest BCUT2D eigenvalue weighted by molar-refractivity contribution is 6.30. The molecular weight excluding hydrogens is 448 g/mol. The van der Waals surface area contributed by atoms with Crippen molar-refractivity contribution in [1.29, 1.82) is 0 Å². The minimum Gasteiger partial charge on any atom is -0.452 e. The first kappa shape index (κ1) is 22.1. The molecule has 1 unspecified atom stereocenters. The molecule has 5 nitrogen and oxygen atoms in total. The lowest BCUT2D eigenvalue weighted by Gasteiger charge is -2.26. The number of nitrogens with zero attached hydrogens (tertiary/aromatic N) is 1. The van der Waals surface area contributed by atoms with Crippen LogP contribution in [0.15, 0.2) is 78.9 Å². The van der Waals surface area contributed by atoms with Crippen LogP contribution in [0.2, 0.25) is 5.02 Å². The monoisotopic (exact) mass is 470 g/mol. The molecule has 1 N–H and O–H groups in total. The molecule has 0 spiro atoms. The maximum absolute atomic E-state index is 13.0. The number of amides is 1. The average Bonchev–Trinajstić information content (AvgIpc) is 2.87. The summed E-state index contributed by atoms with van der Waals surface area (Å²) in [5.41, 5.74) is 4.90. The zero-order valence-corrected chi connectivity index (χ0v) is 19.2. The number of nitrogens with one attached hydrogen (secondary N) is 1. The molecule has 170 valence electrons. The standard InChI is InChI=1S/C28H23ClN2O3/c29-20-14-12-19(13-15-20)26-16-23(22-9-3-4-10-25(22)30-26)28(33)34-17-27(32)31-24-11-5-7-18-6-1-2-8-21(18)24/h1-4,6,8-10,12-16,24H,5,7,11,17H2,(H,31,32). The molecule has 1 amide bonds. The summed E-state index contributed by atoms with van der Waals surface area (Å²) in [5.74, 6) is -0.876. The summed E-state index contributed by atoms with van der Waals surface area (Å²) < 4.78 is 5.44. The van der Waals surface area contributed by atoms with Crippen LogP contribution < -0.4 is 5.32 Å². The Kier molecular flexibility index (Phi) is 6.28. The van der Waals surface area contributed by atoms with Crippen LogP contribution in [0.4, 0.5) is 0 Å². The normalized spacial score (nSPS) is 14.9. The SMILES string of the molecule is O=C(COC(=O)c1cc(-c2ccc(Cl)cc2)nc2ccccc12)NC1CCCc2ccccc21. The Labute approximate surface area is 202 Å². The highest BCUT2D eigenvalue weighted by Crippen LogP contribution is 2.29. The van der Waals surface area contributed by atoms with Crippen molar-refractivity contribution < 1.29 is 14.3 Å². The van der Waals surface area contributed by atoms with Gasteiger partial charge >= 0.3 is 5.97 Å². The van der Waals surface area contributed by atoms with Crippen molar-refractivity contribution in [2.75, 3.05) is 6.61 Å². The first-order chi connectivity index (χ1) is 16.6. The van der Waals surface area contributed by atoms with E-state index in [4.69, 9.17) is 16.3 Å². The predicted molar refractivity (Wildman–Crippen MR) is 133 cm³/mol. The van der Waals surface area contributed by atoms with E-state index in [1.54, 1.807) is 18.2 Å². The average molecular weight is 471 g/mol. The number of hydrogen-bond donors (Lipinski definition) is 1. The molecule has 1 aliphatic rings. The maximum atomic E-state index is 13.0. The van der Waals surface area contributed by atoms with Crippen LogP contribution >= 0.6 is 11.6 Å². The smallest absolute Gasteiger partial charge is 0.339 e. The van der Waals surface area contributed by atoms with E-state index in [0.29, 0.717) is 27.2 Å². The van der Waals surface area contributed by atoms with E-state index in [0.717, 1.165) is 30.4 Å². The Morgan fingerprint density at radius 2 is 1.76 bits per heavy atom. The number of carbonyl (C=O) groups is 2. The first-order valence-electron chi connectivity index (χ1n) is 11.3. The lowest BCUT2D eigenvalue weighted by molar-refractivity contribution is -0.125. The molecule has 1 heterocycles. The van der Waals surface area contributed by atoms with Gasteiger partial charge in [0, 0.05) is 16.0 Å². The topological polar surface area (TPSA) is 68.3 Å². The maximum Gasteiger partial charge on any atom is 0.339 e. The van der Waals surface area contributed by atoms with E-state index in [-0.39, 0.29) is 18.6 Å². The van der Waals surface area contributed by atoms with Crippen LogP contribution in [0.25, 0.3) is 22.2 Å². The molecule has 4 aromatic rings. The number of carbonyl (C=O) groups excluding carboxylic acids is 2. The van der Waals surface area contributed by atoms with Crippen LogP contribution in [0.1, 0.15) is 40.4 Å². The van der Waals surface area contributed by atoms with Gasteiger partial charge in [0.1, 0.15) is 0 Å². The van der Waals surface area contributed by atoms with E-state index >= 15 is 0 Å². The van der Waals surface area contributed by atoms with E-state index < -0.39 is 5.97 Å². The molecule has 3 aromatic carbocycles. The second-order valence-corrected chi connectivity index (χ2v) is 8.80. The van der Waals surface area contributed by atoms with Gasteiger partial charge in [-0.05, 0) is 54.7 Å². The fourth-order valence-corrected chi connectivity index (χ4v) is 4.59. The molecule has 1 aliphatic carbocycles. The third-order valence-corrected chi connectivity index (χ3v) is 6.37. The second-order valence-electron chi connectivity index (χ2n) is 8.37. The fourth-order valence-electron chi connectivity index (χ4n) is 4.46. The van der Waals surface area contributed by atoms with Crippen LogP contribution in [0.3, 0.4) is 0 Å². The van der Waals surface area contributed by atoms with Gasteiger partial charge in [-0.3, -0.25) is 4.79 Å². The van der Waals surface area contributed by atoms with Crippen molar-refractivity contribution in [3.63, 3.8) is 0 Å². The predicted octanol–water partition coefficient (Wildman–Crippen LogP) is 5.91. The zero-order valence-electron chi connectivity index (χ0n) is 18.5. The number of hydrogen-bond acceptors (Lipinski definition) is 4. The van der Waals surface area contributed by atoms with Gasteiger partial charge < -0.3 is 10.1 Å². The minimum absolute atomic E-state index is 0.0607. The van der Waals surface area contributed by atoms with Gasteiger partial charge in [0.2, 0.25) is 0 Å². The van der Waals surface area contributed by atoms with Gasteiger partial charge in [-0.15, -0.1) is 0 Å². The number of aryl methyl sites for hydroxylation is 1. The highest BCUT2D eigenvalue weighted by Gasteiger charge is 2.22. The molecular formula is C28H23ClN2O3. The van der Waals surface area contributed by atoms with Crippen LogP contribution in [-0.4, -0.2) is 23.5 Å². The minimum atomic E-state index is -0.562.